The first-order valence-electron chi connectivity index (χ1n) is 7.97. The molecule has 0 amide bonds. The first kappa shape index (κ1) is 17.4. The number of allylic oxidation sites excluding steroid dienone is 1. The van der Waals surface area contributed by atoms with Gasteiger partial charge in [0.05, 0.1) is 0 Å². The molecule has 0 saturated carbocycles. The summed E-state index contributed by atoms with van der Waals surface area (Å²) in [5.74, 6) is 0. The fourth-order valence-corrected chi connectivity index (χ4v) is 3.20. The molecule has 2 aromatic rings. The van der Waals surface area contributed by atoms with Gasteiger partial charge < -0.3 is 9.80 Å². The molecule has 0 N–H and O–H groups in total. The van der Waals surface area contributed by atoms with E-state index in [2.05, 4.69) is 6.67 Å². The molecular formula is C20H19F3N2. The highest BCUT2D eigenvalue weighted by Crippen LogP contribution is 2.42. The van der Waals surface area contributed by atoms with Gasteiger partial charge in [0, 0.05) is 17.6 Å². The van der Waals surface area contributed by atoms with Crippen molar-refractivity contribution >= 4 is 11.4 Å². The number of nitrogens with zero attached hydrogens (tertiary/aromatic N) is 2. The Morgan fingerprint density at radius 3 is 1.64 bits per heavy atom. The lowest BCUT2D eigenvalue weighted by Gasteiger charge is -2.27. The van der Waals surface area contributed by atoms with Crippen molar-refractivity contribution in [2.75, 3.05) is 9.80 Å². The minimum absolute atomic E-state index is 0.514. The number of halogens is 3. The molecule has 0 atom stereocenters. The van der Waals surface area contributed by atoms with Crippen molar-refractivity contribution < 1.29 is 13.2 Å². The number of hydrogen-bond acceptors (Lipinski definition) is 2. The number of hydrogen-bond donors (Lipinski definition) is 0. The summed E-state index contributed by atoms with van der Waals surface area (Å²) < 4.78 is 41.0. The maximum Gasteiger partial charge on any atom is 0.432 e. The van der Waals surface area contributed by atoms with Gasteiger partial charge in [-0.15, -0.1) is 0 Å². The van der Waals surface area contributed by atoms with Crippen LogP contribution in [0.5, 0.6) is 0 Å². The maximum absolute atomic E-state index is 13.7. The number of aryl methyl sites for hydroxylation is 4. The zero-order valence-electron chi connectivity index (χ0n) is 14.6. The van der Waals surface area contributed by atoms with E-state index in [1.807, 2.05) is 38.1 Å². The summed E-state index contributed by atoms with van der Waals surface area (Å²) in [5.41, 5.74) is 3.82. The molecule has 0 aromatic heterocycles. The summed E-state index contributed by atoms with van der Waals surface area (Å²) >= 11 is 0. The Labute approximate surface area is 146 Å². The van der Waals surface area contributed by atoms with Crippen LogP contribution in [-0.4, -0.2) is 6.18 Å². The van der Waals surface area contributed by atoms with Gasteiger partial charge in [-0.3, -0.25) is 0 Å². The van der Waals surface area contributed by atoms with Gasteiger partial charge in [0.1, 0.15) is 5.70 Å². The molecule has 25 heavy (non-hydrogen) atoms. The van der Waals surface area contributed by atoms with Gasteiger partial charge in [-0.05, 0) is 49.9 Å². The average Bonchev–Trinajstić information content (AvgIpc) is 2.91. The van der Waals surface area contributed by atoms with Crippen LogP contribution in [0, 0.1) is 34.4 Å². The fourth-order valence-electron chi connectivity index (χ4n) is 3.20. The molecule has 0 aliphatic carbocycles. The quantitative estimate of drug-likeness (QED) is 0.695. The predicted octanol–water partition coefficient (Wildman–Crippen LogP) is 5.65. The molecule has 0 spiro atoms. The van der Waals surface area contributed by atoms with Crippen molar-refractivity contribution in [2.24, 2.45) is 0 Å². The molecule has 3 rings (SSSR count). The first-order chi connectivity index (χ1) is 11.7. The Morgan fingerprint density at radius 1 is 0.760 bits per heavy atom. The van der Waals surface area contributed by atoms with Crippen LogP contribution < -0.4 is 9.80 Å². The molecule has 0 bridgehead atoms. The smallest absolute Gasteiger partial charge is 0.314 e. The van der Waals surface area contributed by atoms with E-state index in [4.69, 9.17) is 0 Å². The summed E-state index contributed by atoms with van der Waals surface area (Å²) in [6.07, 6.45) is -3.37. The van der Waals surface area contributed by atoms with Crippen LogP contribution >= 0.6 is 0 Å². The molecule has 0 saturated heterocycles. The van der Waals surface area contributed by atoms with E-state index in [-0.39, 0.29) is 0 Å². The van der Waals surface area contributed by atoms with E-state index in [0.717, 1.165) is 39.0 Å². The maximum atomic E-state index is 13.7. The molecule has 5 heteroatoms. The van der Waals surface area contributed by atoms with Crippen molar-refractivity contribution in [2.45, 2.75) is 33.9 Å². The molecular weight excluding hydrogens is 325 g/mol. The van der Waals surface area contributed by atoms with Crippen LogP contribution in [0.2, 0.25) is 0 Å². The molecule has 2 radical (unpaired) electrons. The van der Waals surface area contributed by atoms with Crippen LogP contribution in [0.15, 0.2) is 48.3 Å². The van der Waals surface area contributed by atoms with Crippen molar-refractivity contribution in [3.8, 4) is 0 Å². The molecule has 2 aromatic carbocycles. The Balaban J connectivity index is 2.12. The summed E-state index contributed by atoms with van der Waals surface area (Å²) in [6.45, 7) is 10.3. The normalized spacial score (nSPS) is 14.9. The highest BCUT2D eigenvalue weighted by molar-refractivity contribution is 5.73. The van der Waals surface area contributed by atoms with Crippen LogP contribution in [-0.2, 0) is 0 Å². The largest absolute Gasteiger partial charge is 0.432 e. The predicted molar refractivity (Wildman–Crippen MR) is 94.2 cm³/mol. The number of benzene rings is 2. The van der Waals surface area contributed by atoms with Gasteiger partial charge in [0.15, 0.2) is 0 Å². The van der Waals surface area contributed by atoms with Gasteiger partial charge in [-0.25, -0.2) is 0 Å². The highest BCUT2D eigenvalue weighted by atomic mass is 19.4. The lowest BCUT2D eigenvalue weighted by molar-refractivity contribution is -0.0923. The van der Waals surface area contributed by atoms with Crippen LogP contribution in [0.4, 0.5) is 24.5 Å². The third-order valence-electron chi connectivity index (χ3n) is 4.33. The van der Waals surface area contributed by atoms with Crippen LogP contribution in [0.25, 0.3) is 0 Å². The van der Waals surface area contributed by atoms with Crippen LogP contribution in [0.1, 0.15) is 22.3 Å². The van der Waals surface area contributed by atoms with E-state index < -0.39 is 11.9 Å². The summed E-state index contributed by atoms with van der Waals surface area (Å²) in [7, 11) is 0. The minimum atomic E-state index is -4.48. The molecule has 130 valence electrons. The summed E-state index contributed by atoms with van der Waals surface area (Å²) in [4.78, 5) is 2.57. The van der Waals surface area contributed by atoms with Crippen molar-refractivity contribution in [3.63, 3.8) is 0 Å². The summed E-state index contributed by atoms with van der Waals surface area (Å²) in [5, 5.41) is 0. The highest BCUT2D eigenvalue weighted by Gasteiger charge is 2.44. The number of alkyl halides is 3. The molecule has 0 fully saturated rings. The van der Waals surface area contributed by atoms with Gasteiger partial charge >= 0.3 is 6.18 Å². The van der Waals surface area contributed by atoms with Gasteiger partial charge in [0.2, 0.25) is 6.67 Å². The lowest BCUT2D eigenvalue weighted by atomic mass is 10.1. The lowest BCUT2D eigenvalue weighted by Crippen LogP contribution is -2.29. The van der Waals surface area contributed by atoms with E-state index in [1.165, 1.54) is 4.90 Å². The number of anilines is 2. The van der Waals surface area contributed by atoms with E-state index >= 15 is 0 Å². The Morgan fingerprint density at radius 2 is 1.20 bits per heavy atom. The van der Waals surface area contributed by atoms with E-state index in [1.54, 1.807) is 26.0 Å². The van der Waals surface area contributed by atoms with Crippen LogP contribution in [0.3, 0.4) is 0 Å². The van der Waals surface area contributed by atoms with E-state index in [0.29, 0.717) is 5.69 Å². The molecule has 1 aliphatic rings. The van der Waals surface area contributed by atoms with E-state index in [9.17, 15) is 13.2 Å². The zero-order valence-corrected chi connectivity index (χ0v) is 14.6. The first-order valence-corrected chi connectivity index (χ1v) is 7.97. The molecule has 2 nitrogen and oxygen atoms in total. The fraction of sp³-hybridized carbons (Fsp3) is 0.250. The molecule has 0 unspecified atom stereocenters. The van der Waals surface area contributed by atoms with Gasteiger partial charge in [-0.2, -0.15) is 13.2 Å². The second-order valence-corrected chi connectivity index (χ2v) is 6.30. The Kier molecular flexibility index (Phi) is 4.27. The monoisotopic (exact) mass is 344 g/mol. The SMILES string of the molecule is Cc1cccc(C)c1N1[C]N(c2c(C)cccc2C)C(C(F)(F)F)=C1. The standard InChI is InChI=1S/C20H19F3N2/c1-13-7-5-8-14(2)18(13)24-11-17(20(21,22)23)25(12-24)19-15(3)9-6-10-16(19)4/h5-11H,1-4H3. The Hall–Kier alpha value is -2.43. The van der Waals surface area contributed by atoms with Crippen molar-refractivity contribution in [1.82, 2.24) is 0 Å². The van der Waals surface area contributed by atoms with Crippen molar-refractivity contribution in [1.29, 1.82) is 0 Å². The third kappa shape index (κ3) is 3.11. The Bertz CT molecular complexity index is 797. The second kappa shape index (κ2) is 6.14. The number of rotatable bonds is 2. The topological polar surface area (TPSA) is 6.48 Å². The van der Waals surface area contributed by atoms with Gasteiger partial charge in [0.25, 0.3) is 0 Å². The minimum Gasteiger partial charge on any atom is -0.314 e. The van der Waals surface area contributed by atoms with Gasteiger partial charge in [-0.1, -0.05) is 36.4 Å². The number of para-hydroxylation sites is 2. The zero-order chi connectivity index (χ0) is 18.4. The molecule has 1 aliphatic heterocycles. The second-order valence-electron chi connectivity index (χ2n) is 6.30. The average molecular weight is 344 g/mol. The van der Waals surface area contributed by atoms with Crippen molar-refractivity contribution in [3.05, 3.63) is 77.2 Å². The molecule has 1 heterocycles. The third-order valence-corrected chi connectivity index (χ3v) is 4.33. The summed E-state index contributed by atoms with van der Waals surface area (Å²) in [6, 6.07) is 11.1.